The van der Waals surface area contributed by atoms with Crippen LogP contribution in [-0.2, 0) is 4.74 Å². The summed E-state index contributed by atoms with van der Waals surface area (Å²) in [6.07, 6.45) is 0. The summed E-state index contributed by atoms with van der Waals surface area (Å²) in [6.45, 7) is 4.20. The van der Waals surface area contributed by atoms with Crippen molar-refractivity contribution in [3.05, 3.63) is 76.8 Å². The van der Waals surface area contributed by atoms with Gasteiger partial charge in [-0.15, -0.1) is 11.3 Å². The fourth-order valence-corrected chi connectivity index (χ4v) is 4.85. The first-order valence-electron chi connectivity index (χ1n) is 10.4. The minimum Gasteiger partial charge on any atom is -0.378 e. The van der Waals surface area contributed by atoms with Crippen LogP contribution in [0.15, 0.2) is 60.7 Å². The molecule has 0 atom stereocenters. The second kappa shape index (κ2) is 8.57. The van der Waals surface area contributed by atoms with Crippen molar-refractivity contribution in [3.8, 4) is 5.69 Å². The molecule has 162 valence electrons. The second-order valence-corrected chi connectivity index (χ2v) is 8.63. The Kier molecular flexibility index (Phi) is 5.46. The van der Waals surface area contributed by atoms with E-state index in [9.17, 15) is 9.59 Å². The molecule has 8 heteroatoms. The highest BCUT2D eigenvalue weighted by Gasteiger charge is 2.20. The molecule has 1 aliphatic heterocycles. The first-order valence-corrected chi connectivity index (χ1v) is 11.2. The summed E-state index contributed by atoms with van der Waals surface area (Å²) in [7, 11) is 0. The van der Waals surface area contributed by atoms with Gasteiger partial charge in [-0.05, 0) is 43.3 Å². The SMILES string of the molecule is Cc1nn(-c2ccccc2)c2sc(C(=O)Nc3cccc(C(=O)N4CCOCC4)c3)cc12. The number of aromatic nitrogens is 2. The molecule has 0 unspecified atom stereocenters. The number of aryl methyl sites for hydroxylation is 1. The van der Waals surface area contributed by atoms with E-state index in [4.69, 9.17) is 4.74 Å². The van der Waals surface area contributed by atoms with Gasteiger partial charge in [0.05, 0.1) is 29.5 Å². The van der Waals surface area contributed by atoms with E-state index in [2.05, 4.69) is 10.4 Å². The third kappa shape index (κ3) is 3.90. The Bertz CT molecular complexity index is 1290. The Balaban J connectivity index is 1.38. The number of para-hydroxylation sites is 1. The van der Waals surface area contributed by atoms with Gasteiger partial charge in [0.25, 0.3) is 11.8 Å². The largest absolute Gasteiger partial charge is 0.378 e. The number of rotatable bonds is 4. The first-order chi connectivity index (χ1) is 15.6. The normalized spacial score (nSPS) is 14.0. The third-order valence-corrected chi connectivity index (χ3v) is 6.54. The molecule has 0 spiro atoms. The van der Waals surface area contributed by atoms with E-state index < -0.39 is 0 Å². The average molecular weight is 447 g/mol. The van der Waals surface area contributed by atoms with Crippen molar-refractivity contribution in [2.75, 3.05) is 31.6 Å². The van der Waals surface area contributed by atoms with E-state index in [1.807, 2.05) is 48.0 Å². The third-order valence-electron chi connectivity index (χ3n) is 5.43. The van der Waals surface area contributed by atoms with Crippen molar-refractivity contribution in [1.29, 1.82) is 0 Å². The van der Waals surface area contributed by atoms with Gasteiger partial charge in [0.1, 0.15) is 4.83 Å². The number of thiophene rings is 1. The Hall–Kier alpha value is -3.49. The number of benzene rings is 2. The lowest BCUT2D eigenvalue weighted by Gasteiger charge is -2.27. The van der Waals surface area contributed by atoms with Gasteiger partial charge in [-0.2, -0.15) is 5.10 Å². The number of amides is 2. The van der Waals surface area contributed by atoms with Gasteiger partial charge in [0, 0.05) is 29.7 Å². The summed E-state index contributed by atoms with van der Waals surface area (Å²) in [4.78, 5) is 29.0. The molecule has 3 heterocycles. The average Bonchev–Trinajstić information content (AvgIpc) is 3.41. The number of morpholine rings is 1. The monoisotopic (exact) mass is 446 g/mol. The van der Waals surface area contributed by atoms with Crippen LogP contribution in [0.5, 0.6) is 0 Å². The molecule has 0 bridgehead atoms. The number of carbonyl (C=O) groups excluding carboxylic acids is 2. The van der Waals surface area contributed by atoms with E-state index in [1.165, 1.54) is 11.3 Å². The molecule has 1 aliphatic rings. The number of fused-ring (bicyclic) bond motifs is 1. The Labute approximate surface area is 189 Å². The zero-order chi connectivity index (χ0) is 22.1. The van der Waals surface area contributed by atoms with Gasteiger partial charge in [-0.3, -0.25) is 9.59 Å². The van der Waals surface area contributed by atoms with Gasteiger partial charge in [0.2, 0.25) is 0 Å². The number of carbonyl (C=O) groups is 2. The quantitative estimate of drug-likeness (QED) is 0.512. The molecule has 4 aromatic rings. The molecule has 2 aromatic carbocycles. The van der Waals surface area contributed by atoms with Crippen LogP contribution in [-0.4, -0.2) is 52.8 Å². The Morgan fingerprint density at radius 3 is 2.59 bits per heavy atom. The van der Waals surface area contributed by atoms with Gasteiger partial charge in [-0.25, -0.2) is 4.68 Å². The molecule has 0 aliphatic carbocycles. The lowest BCUT2D eigenvalue weighted by atomic mass is 10.1. The maximum atomic E-state index is 13.0. The van der Waals surface area contributed by atoms with Crippen LogP contribution in [0.25, 0.3) is 15.9 Å². The molecule has 1 fully saturated rings. The van der Waals surface area contributed by atoms with Gasteiger partial charge < -0.3 is 15.0 Å². The maximum absolute atomic E-state index is 13.0. The summed E-state index contributed by atoms with van der Waals surface area (Å²) in [5.41, 5.74) is 2.97. The van der Waals surface area contributed by atoms with Crippen LogP contribution in [0, 0.1) is 6.92 Å². The Morgan fingerprint density at radius 2 is 1.81 bits per heavy atom. The van der Waals surface area contributed by atoms with Crippen molar-refractivity contribution in [3.63, 3.8) is 0 Å². The molecule has 2 aromatic heterocycles. The van der Waals surface area contributed by atoms with Crippen molar-refractivity contribution >= 4 is 39.1 Å². The standard InChI is InChI=1S/C24H22N4O3S/c1-16-20-15-21(32-24(20)28(26-16)19-8-3-2-4-9-19)22(29)25-18-7-5-6-17(14-18)23(30)27-10-12-31-13-11-27/h2-9,14-15H,10-13H2,1H3,(H,25,29). The molecule has 1 saturated heterocycles. The van der Waals surface area contributed by atoms with Crippen LogP contribution in [0.3, 0.4) is 0 Å². The highest BCUT2D eigenvalue weighted by Crippen LogP contribution is 2.31. The summed E-state index contributed by atoms with van der Waals surface area (Å²) in [6, 6.07) is 18.8. The number of hydrogen-bond donors (Lipinski definition) is 1. The maximum Gasteiger partial charge on any atom is 0.265 e. The van der Waals surface area contributed by atoms with Gasteiger partial charge in [0.15, 0.2) is 0 Å². The van der Waals surface area contributed by atoms with Crippen LogP contribution in [0.2, 0.25) is 0 Å². The smallest absolute Gasteiger partial charge is 0.265 e. The van der Waals surface area contributed by atoms with Crippen molar-refractivity contribution in [1.82, 2.24) is 14.7 Å². The van der Waals surface area contributed by atoms with Gasteiger partial charge >= 0.3 is 0 Å². The zero-order valence-corrected chi connectivity index (χ0v) is 18.4. The predicted molar refractivity (Wildman–Crippen MR) is 125 cm³/mol. The molecular formula is C24H22N4O3S. The minimum absolute atomic E-state index is 0.0511. The second-order valence-electron chi connectivity index (χ2n) is 7.60. The molecular weight excluding hydrogens is 424 g/mol. The number of nitrogens with zero attached hydrogens (tertiary/aromatic N) is 3. The number of anilines is 1. The summed E-state index contributed by atoms with van der Waals surface area (Å²) in [5, 5.41) is 8.51. The van der Waals surface area contributed by atoms with E-state index in [0.717, 1.165) is 21.6 Å². The minimum atomic E-state index is -0.207. The topological polar surface area (TPSA) is 76.5 Å². The lowest BCUT2D eigenvalue weighted by molar-refractivity contribution is 0.0303. The molecule has 5 rings (SSSR count). The molecule has 1 N–H and O–H groups in total. The molecule has 32 heavy (non-hydrogen) atoms. The summed E-state index contributed by atoms with van der Waals surface area (Å²) < 4.78 is 7.19. The highest BCUT2D eigenvalue weighted by atomic mass is 32.1. The fraction of sp³-hybridized carbons (Fsp3) is 0.208. The zero-order valence-electron chi connectivity index (χ0n) is 17.6. The lowest BCUT2D eigenvalue weighted by Crippen LogP contribution is -2.40. The summed E-state index contributed by atoms with van der Waals surface area (Å²) in [5.74, 6) is -0.258. The first kappa shape index (κ1) is 20.4. The van der Waals surface area contributed by atoms with Crippen molar-refractivity contribution < 1.29 is 14.3 Å². The predicted octanol–water partition coefficient (Wildman–Crippen LogP) is 4.12. The number of ether oxygens (including phenoxy) is 1. The molecule has 0 radical (unpaired) electrons. The number of nitrogens with one attached hydrogen (secondary N) is 1. The van der Waals surface area contributed by atoms with E-state index in [-0.39, 0.29) is 11.8 Å². The van der Waals surface area contributed by atoms with Crippen molar-refractivity contribution in [2.24, 2.45) is 0 Å². The van der Waals surface area contributed by atoms with Crippen LogP contribution < -0.4 is 5.32 Å². The molecule has 0 saturated carbocycles. The van der Waals surface area contributed by atoms with Gasteiger partial charge in [-0.1, -0.05) is 24.3 Å². The molecule has 7 nitrogen and oxygen atoms in total. The van der Waals surface area contributed by atoms with Crippen molar-refractivity contribution in [2.45, 2.75) is 6.92 Å². The van der Waals surface area contributed by atoms with Crippen LogP contribution >= 0.6 is 11.3 Å². The van der Waals surface area contributed by atoms with E-state index >= 15 is 0 Å². The summed E-state index contributed by atoms with van der Waals surface area (Å²) >= 11 is 1.40. The fourth-order valence-electron chi connectivity index (χ4n) is 3.78. The Morgan fingerprint density at radius 1 is 1.03 bits per heavy atom. The molecule has 2 amide bonds. The van der Waals surface area contributed by atoms with Crippen LogP contribution in [0.4, 0.5) is 5.69 Å². The van der Waals surface area contributed by atoms with Crippen LogP contribution in [0.1, 0.15) is 25.7 Å². The highest BCUT2D eigenvalue weighted by molar-refractivity contribution is 7.20. The van der Waals surface area contributed by atoms with E-state index in [1.54, 1.807) is 29.2 Å². The number of hydrogen-bond acceptors (Lipinski definition) is 5. The van der Waals surface area contributed by atoms with E-state index in [0.29, 0.717) is 42.4 Å².